The lowest BCUT2D eigenvalue weighted by Crippen LogP contribution is -2.51. The summed E-state index contributed by atoms with van der Waals surface area (Å²) in [6.07, 6.45) is 2.41. The number of rotatable bonds is 5. The predicted octanol–water partition coefficient (Wildman–Crippen LogP) is 1.34. The van der Waals surface area contributed by atoms with Crippen LogP contribution in [0, 0.1) is 5.92 Å². The van der Waals surface area contributed by atoms with Crippen LogP contribution in [0.15, 0.2) is 0 Å². The van der Waals surface area contributed by atoms with E-state index in [-0.39, 0.29) is 0 Å². The minimum absolute atomic E-state index is 0.519. The van der Waals surface area contributed by atoms with Crippen LogP contribution < -0.4 is 5.32 Å². The molecule has 3 heteroatoms. The second kappa shape index (κ2) is 6.46. The largest absolute Gasteiger partial charge is 0.383 e. The molecular formula is C12H26N2O. The van der Waals surface area contributed by atoms with Gasteiger partial charge in [0, 0.05) is 25.7 Å². The highest BCUT2D eigenvalue weighted by atomic mass is 16.5. The van der Waals surface area contributed by atoms with Crippen molar-refractivity contribution in [2.45, 2.75) is 38.8 Å². The third-order valence-corrected chi connectivity index (χ3v) is 3.42. The maximum Gasteiger partial charge on any atom is 0.0615 e. The minimum Gasteiger partial charge on any atom is -0.383 e. The van der Waals surface area contributed by atoms with Crippen LogP contribution >= 0.6 is 0 Å². The Morgan fingerprint density at radius 1 is 1.53 bits per heavy atom. The Labute approximate surface area is 94.2 Å². The fourth-order valence-corrected chi connectivity index (χ4v) is 2.39. The number of likely N-dealkylation sites (tertiary alicyclic amines) is 1. The first-order valence-electron chi connectivity index (χ1n) is 6.10. The minimum atomic E-state index is 0.519. The molecule has 0 amide bonds. The Bertz CT molecular complexity index is 175. The van der Waals surface area contributed by atoms with E-state index in [1.54, 1.807) is 7.11 Å². The lowest BCUT2D eigenvalue weighted by atomic mass is 9.93. The standard InChI is InChI=1S/C12H26N2O/c1-5-11(9-15-4)13-12-6-7-14(3)8-10(12)2/h10-13H,5-9H2,1-4H3. The van der Waals surface area contributed by atoms with Crippen molar-refractivity contribution in [3.05, 3.63) is 0 Å². The van der Waals surface area contributed by atoms with Crippen LogP contribution in [-0.2, 0) is 4.74 Å². The molecule has 3 nitrogen and oxygen atoms in total. The molecule has 1 aliphatic heterocycles. The highest BCUT2D eigenvalue weighted by molar-refractivity contribution is 4.83. The summed E-state index contributed by atoms with van der Waals surface area (Å²) >= 11 is 0. The lowest BCUT2D eigenvalue weighted by molar-refractivity contribution is 0.125. The maximum atomic E-state index is 5.22. The van der Waals surface area contributed by atoms with E-state index in [4.69, 9.17) is 4.74 Å². The normalized spacial score (nSPS) is 30.4. The van der Waals surface area contributed by atoms with Gasteiger partial charge in [0.1, 0.15) is 0 Å². The van der Waals surface area contributed by atoms with E-state index in [2.05, 4.69) is 31.1 Å². The summed E-state index contributed by atoms with van der Waals surface area (Å²) in [4.78, 5) is 2.42. The van der Waals surface area contributed by atoms with Crippen LogP contribution in [0.4, 0.5) is 0 Å². The summed E-state index contributed by atoms with van der Waals surface area (Å²) < 4.78 is 5.22. The second-order valence-corrected chi connectivity index (χ2v) is 4.86. The monoisotopic (exact) mass is 214 g/mol. The highest BCUT2D eigenvalue weighted by Crippen LogP contribution is 2.16. The van der Waals surface area contributed by atoms with Crippen molar-refractivity contribution in [2.24, 2.45) is 5.92 Å². The second-order valence-electron chi connectivity index (χ2n) is 4.86. The molecule has 0 spiro atoms. The van der Waals surface area contributed by atoms with Gasteiger partial charge in [-0.25, -0.2) is 0 Å². The molecule has 1 N–H and O–H groups in total. The number of nitrogens with zero attached hydrogens (tertiary/aromatic N) is 1. The SMILES string of the molecule is CCC(COC)NC1CCN(C)CC1C. The molecule has 15 heavy (non-hydrogen) atoms. The van der Waals surface area contributed by atoms with Crippen LogP contribution in [-0.4, -0.2) is 50.8 Å². The number of nitrogens with one attached hydrogen (secondary N) is 1. The lowest BCUT2D eigenvalue weighted by Gasteiger charge is -2.37. The molecule has 0 aromatic carbocycles. The molecule has 3 unspecified atom stereocenters. The maximum absolute atomic E-state index is 5.22. The number of methoxy groups -OCH3 is 1. The van der Waals surface area contributed by atoms with Gasteiger partial charge < -0.3 is 15.0 Å². The van der Waals surface area contributed by atoms with Gasteiger partial charge in [0.2, 0.25) is 0 Å². The van der Waals surface area contributed by atoms with Crippen LogP contribution in [0.1, 0.15) is 26.7 Å². The van der Waals surface area contributed by atoms with Crippen molar-refractivity contribution in [2.75, 3.05) is 33.9 Å². The van der Waals surface area contributed by atoms with Gasteiger partial charge in [-0.2, -0.15) is 0 Å². The smallest absolute Gasteiger partial charge is 0.0615 e. The van der Waals surface area contributed by atoms with Crippen molar-refractivity contribution in [1.82, 2.24) is 10.2 Å². The molecule has 0 bridgehead atoms. The van der Waals surface area contributed by atoms with Crippen LogP contribution in [0.25, 0.3) is 0 Å². The molecule has 1 heterocycles. The Kier molecular flexibility index (Phi) is 5.58. The molecule has 0 saturated carbocycles. The summed E-state index contributed by atoms with van der Waals surface area (Å²) in [5.41, 5.74) is 0. The predicted molar refractivity (Wildman–Crippen MR) is 64.2 cm³/mol. The molecule has 1 fully saturated rings. The van der Waals surface area contributed by atoms with Crippen LogP contribution in [0.3, 0.4) is 0 Å². The summed E-state index contributed by atoms with van der Waals surface area (Å²) in [5.74, 6) is 0.745. The molecule has 0 radical (unpaired) electrons. The number of piperidine rings is 1. The average Bonchev–Trinajstić information content (AvgIpc) is 2.21. The van der Waals surface area contributed by atoms with E-state index >= 15 is 0 Å². The van der Waals surface area contributed by atoms with E-state index in [1.165, 1.54) is 19.5 Å². The molecule has 0 aromatic rings. The van der Waals surface area contributed by atoms with E-state index < -0.39 is 0 Å². The van der Waals surface area contributed by atoms with Crippen molar-refractivity contribution in [3.8, 4) is 0 Å². The number of hydrogen-bond acceptors (Lipinski definition) is 3. The van der Waals surface area contributed by atoms with E-state index in [9.17, 15) is 0 Å². The fourth-order valence-electron chi connectivity index (χ4n) is 2.39. The Morgan fingerprint density at radius 3 is 2.80 bits per heavy atom. The van der Waals surface area contributed by atoms with Gasteiger partial charge in [0.05, 0.1) is 6.61 Å². The van der Waals surface area contributed by atoms with Gasteiger partial charge in [-0.1, -0.05) is 13.8 Å². The van der Waals surface area contributed by atoms with Crippen molar-refractivity contribution in [3.63, 3.8) is 0 Å². The number of ether oxygens (including phenoxy) is 1. The van der Waals surface area contributed by atoms with E-state index in [0.717, 1.165) is 18.9 Å². The molecule has 0 aromatic heterocycles. The fraction of sp³-hybridized carbons (Fsp3) is 1.00. The van der Waals surface area contributed by atoms with Gasteiger partial charge in [-0.15, -0.1) is 0 Å². The molecule has 90 valence electrons. The third kappa shape index (κ3) is 4.09. The summed E-state index contributed by atoms with van der Waals surface area (Å²) in [5, 5.41) is 3.73. The zero-order valence-corrected chi connectivity index (χ0v) is 10.6. The summed E-state index contributed by atoms with van der Waals surface area (Å²) in [6, 6.07) is 1.19. The first kappa shape index (κ1) is 12.9. The molecular weight excluding hydrogens is 188 g/mol. The number of hydrogen-bond donors (Lipinski definition) is 1. The van der Waals surface area contributed by atoms with E-state index in [1.807, 2.05) is 0 Å². The first-order valence-corrected chi connectivity index (χ1v) is 6.10. The van der Waals surface area contributed by atoms with E-state index in [0.29, 0.717) is 12.1 Å². The molecule has 0 aliphatic carbocycles. The van der Waals surface area contributed by atoms with Gasteiger partial charge in [-0.05, 0) is 32.4 Å². The van der Waals surface area contributed by atoms with Gasteiger partial charge in [-0.3, -0.25) is 0 Å². The van der Waals surface area contributed by atoms with Crippen LogP contribution in [0.5, 0.6) is 0 Å². The molecule has 3 atom stereocenters. The molecule has 1 rings (SSSR count). The topological polar surface area (TPSA) is 24.5 Å². The molecule has 1 aliphatic rings. The van der Waals surface area contributed by atoms with Crippen LogP contribution in [0.2, 0.25) is 0 Å². The molecule has 1 saturated heterocycles. The van der Waals surface area contributed by atoms with Crippen molar-refractivity contribution in [1.29, 1.82) is 0 Å². The van der Waals surface area contributed by atoms with Crippen molar-refractivity contribution >= 4 is 0 Å². The Morgan fingerprint density at radius 2 is 2.27 bits per heavy atom. The summed E-state index contributed by atoms with van der Waals surface area (Å²) in [7, 11) is 3.99. The zero-order valence-electron chi connectivity index (χ0n) is 10.6. The van der Waals surface area contributed by atoms with Gasteiger partial charge in [0.15, 0.2) is 0 Å². The van der Waals surface area contributed by atoms with Crippen molar-refractivity contribution < 1.29 is 4.74 Å². The third-order valence-electron chi connectivity index (χ3n) is 3.42. The summed E-state index contributed by atoms with van der Waals surface area (Å²) in [6.45, 7) is 7.81. The Balaban J connectivity index is 2.35. The van der Waals surface area contributed by atoms with Gasteiger partial charge >= 0.3 is 0 Å². The average molecular weight is 214 g/mol. The first-order chi connectivity index (χ1) is 7.17. The quantitative estimate of drug-likeness (QED) is 0.747. The Hall–Kier alpha value is -0.120. The zero-order chi connectivity index (χ0) is 11.3. The highest BCUT2D eigenvalue weighted by Gasteiger charge is 2.25. The van der Waals surface area contributed by atoms with Gasteiger partial charge in [0.25, 0.3) is 0 Å².